The van der Waals surface area contributed by atoms with Crippen molar-refractivity contribution in [3.8, 4) is 0 Å². The smallest absolute Gasteiger partial charge is 0.255 e. The number of amides is 1. The molecule has 1 aliphatic rings. The lowest BCUT2D eigenvalue weighted by molar-refractivity contribution is 0.0924. The van der Waals surface area contributed by atoms with Crippen LogP contribution in [0.15, 0.2) is 18.2 Å². The average molecular weight is 302 g/mol. The lowest BCUT2D eigenvalue weighted by Crippen LogP contribution is -2.39. The van der Waals surface area contributed by atoms with Crippen molar-refractivity contribution in [1.82, 2.24) is 5.32 Å². The van der Waals surface area contributed by atoms with E-state index in [9.17, 15) is 9.18 Å². The van der Waals surface area contributed by atoms with Crippen LogP contribution in [-0.2, 0) is 0 Å². The zero-order valence-electron chi connectivity index (χ0n) is 10.8. The molecule has 0 saturated heterocycles. The van der Waals surface area contributed by atoms with Crippen LogP contribution < -0.4 is 5.32 Å². The highest BCUT2D eigenvalue weighted by Gasteiger charge is 2.24. The quantitative estimate of drug-likeness (QED) is 0.918. The number of carbonyl (C=O) groups is 1. The van der Waals surface area contributed by atoms with Gasteiger partial charge in [0.2, 0.25) is 0 Å². The fraction of sp³-hybridized carbons (Fsp3) is 0.500. The van der Waals surface area contributed by atoms with Crippen molar-refractivity contribution < 1.29 is 9.18 Å². The van der Waals surface area contributed by atoms with E-state index in [0.29, 0.717) is 5.25 Å². The molecule has 0 aliphatic heterocycles. The minimum absolute atomic E-state index is 0.0459. The molecular formula is C14H17ClFNOS. The first-order valence-corrected chi connectivity index (χ1v) is 8.06. The zero-order valence-corrected chi connectivity index (χ0v) is 12.4. The second-order valence-electron chi connectivity index (χ2n) is 4.79. The SMILES string of the molecule is CS[C@@H]1CCC[C@H](NC(=O)c2c(F)cccc2Cl)C1. The molecule has 0 radical (unpaired) electrons. The number of nitrogens with one attached hydrogen (secondary N) is 1. The van der Waals surface area contributed by atoms with Crippen molar-refractivity contribution in [2.75, 3.05) is 6.26 Å². The molecule has 1 aliphatic carbocycles. The van der Waals surface area contributed by atoms with Gasteiger partial charge in [-0.3, -0.25) is 4.79 Å². The molecule has 0 spiro atoms. The maximum Gasteiger partial charge on any atom is 0.255 e. The van der Waals surface area contributed by atoms with Gasteiger partial charge in [0.25, 0.3) is 5.91 Å². The average Bonchev–Trinajstić information content (AvgIpc) is 2.38. The van der Waals surface area contributed by atoms with E-state index in [0.717, 1.165) is 19.3 Å². The molecule has 1 aromatic carbocycles. The number of halogens is 2. The number of benzene rings is 1. The van der Waals surface area contributed by atoms with Gasteiger partial charge in [0, 0.05) is 11.3 Å². The van der Waals surface area contributed by atoms with Crippen LogP contribution in [0.3, 0.4) is 0 Å². The Bertz CT molecular complexity index is 449. The number of hydrogen-bond donors (Lipinski definition) is 1. The number of carbonyl (C=O) groups excluding carboxylic acids is 1. The van der Waals surface area contributed by atoms with E-state index in [1.807, 2.05) is 11.8 Å². The normalized spacial score (nSPS) is 23.1. The van der Waals surface area contributed by atoms with E-state index >= 15 is 0 Å². The highest BCUT2D eigenvalue weighted by Crippen LogP contribution is 2.27. The minimum Gasteiger partial charge on any atom is -0.349 e. The predicted molar refractivity (Wildman–Crippen MR) is 78.4 cm³/mol. The Kier molecular flexibility index (Phi) is 5.11. The second-order valence-corrected chi connectivity index (χ2v) is 6.34. The molecule has 5 heteroatoms. The van der Waals surface area contributed by atoms with Crippen molar-refractivity contribution in [3.05, 3.63) is 34.6 Å². The van der Waals surface area contributed by atoms with Crippen molar-refractivity contribution in [3.63, 3.8) is 0 Å². The van der Waals surface area contributed by atoms with Gasteiger partial charge in [-0.15, -0.1) is 0 Å². The molecular weight excluding hydrogens is 285 g/mol. The first-order valence-electron chi connectivity index (χ1n) is 6.39. The van der Waals surface area contributed by atoms with E-state index in [-0.39, 0.29) is 16.6 Å². The lowest BCUT2D eigenvalue weighted by Gasteiger charge is -2.28. The van der Waals surface area contributed by atoms with Gasteiger partial charge in [0.1, 0.15) is 5.82 Å². The van der Waals surface area contributed by atoms with Crippen LogP contribution in [-0.4, -0.2) is 23.5 Å². The Morgan fingerprint density at radius 1 is 1.47 bits per heavy atom. The van der Waals surface area contributed by atoms with Crippen LogP contribution in [0.2, 0.25) is 5.02 Å². The van der Waals surface area contributed by atoms with E-state index in [1.165, 1.54) is 24.6 Å². The van der Waals surface area contributed by atoms with Crippen molar-refractivity contribution in [2.45, 2.75) is 37.0 Å². The lowest BCUT2D eigenvalue weighted by atomic mass is 9.94. The summed E-state index contributed by atoms with van der Waals surface area (Å²) in [6.07, 6.45) is 6.27. The third-order valence-corrected chi connectivity index (χ3v) is 4.89. The Hall–Kier alpha value is -0.740. The summed E-state index contributed by atoms with van der Waals surface area (Å²) in [6.45, 7) is 0. The number of thioether (sulfide) groups is 1. The maximum atomic E-state index is 13.6. The molecule has 1 aromatic rings. The Morgan fingerprint density at radius 3 is 2.95 bits per heavy atom. The van der Waals surface area contributed by atoms with Crippen LogP contribution >= 0.6 is 23.4 Å². The minimum atomic E-state index is -0.567. The highest BCUT2D eigenvalue weighted by atomic mass is 35.5. The van der Waals surface area contributed by atoms with Gasteiger partial charge in [0.05, 0.1) is 10.6 Å². The molecule has 1 fully saturated rings. The van der Waals surface area contributed by atoms with Crippen molar-refractivity contribution in [2.24, 2.45) is 0 Å². The summed E-state index contributed by atoms with van der Waals surface area (Å²) >= 11 is 7.72. The summed E-state index contributed by atoms with van der Waals surface area (Å²) in [6, 6.07) is 4.41. The molecule has 1 N–H and O–H groups in total. The van der Waals surface area contributed by atoms with Gasteiger partial charge in [-0.05, 0) is 37.7 Å². The van der Waals surface area contributed by atoms with E-state index < -0.39 is 11.7 Å². The topological polar surface area (TPSA) is 29.1 Å². The Morgan fingerprint density at radius 2 is 2.26 bits per heavy atom. The van der Waals surface area contributed by atoms with Gasteiger partial charge in [0.15, 0.2) is 0 Å². The first kappa shape index (κ1) is 14.7. The van der Waals surface area contributed by atoms with E-state index in [4.69, 9.17) is 11.6 Å². The second kappa shape index (κ2) is 6.62. The summed E-state index contributed by atoms with van der Waals surface area (Å²) in [4.78, 5) is 12.1. The van der Waals surface area contributed by atoms with Crippen molar-refractivity contribution in [1.29, 1.82) is 0 Å². The molecule has 0 heterocycles. The fourth-order valence-corrected chi connectivity index (χ4v) is 3.54. The number of hydrogen-bond acceptors (Lipinski definition) is 2. The van der Waals surface area contributed by atoms with Gasteiger partial charge in [-0.1, -0.05) is 24.1 Å². The van der Waals surface area contributed by atoms with Crippen molar-refractivity contribution >= 4 is 29.3 Å². The Balaban J connectivity index is 2.05. The van der Waals surface area contributed by atoms with Crippen LogP contribution in [0.5, 0.6) is 0 Å². The summed E-state index contributed by atoms with van der Waals surface area (Å²) in [7, 11) is 0. The third-order valence-electron chi connectivity index (χ3n) is 3.48. The van der Waals surface area contributed by atoms with Crippen LogP contribution in [0.1, 0.15) is 36.0 Å². The van der Waals surface area contributed by atoms with Crippen LogP contribution in [0.4, 0.5) is 4.39 Å². The zero-order chi connectivity index (χ0) is 13.8. The Labute approximate surface area is 122 Å². The maximum absolute atomic E-state index is 13.6. The molecule has 0 unspecified atom stereocenters. The molecule has 2 atom stereocenters. The van der Waals surface area contributed by atoms with Crippen LogP contribution in [0, 0.1) is 5.82 Å². The summed E-state index contributed by atoms with van der Waals surface area (Å²) < 4.78 is 13.6. The van der Waals surface area contributed by atoms with Crippen LogP contribution in [0.25, 0.3) is 0 Å². The molecule has 19 heavy (non-hydrogen) atoms. The molecule has 0 bridgehead atoms. The molecule has 0 aromatic heterocycles. The summed E-state index contributed by atoms with van der Waals surface area (Å²) in [5, 5.41) is 3.65. The van der Waals surface area contributed by atoms with E-state index in [1.54, 1.807) is 0 Å². The van der Waals surface area contributed by atoms with Gasteiger partial charge < -0.3 is 5.32 Å². The molecule has 104 valence electrons. The molecule has 1 saturated carbocycles. The third kappa shape index (κ3) is 3.63. The highest BCUT2D eigenvalue weighted by molar-refractivity contribution is 7.99. The van der Waals surface area contributed by atoms with Gasteiger partial charge >= 0.3 is 0 Å². The molecule has 1 amide bonds. The summed E-state index contributed by atoms with van der Waals surface area (Å²) in [5.41, 5.74) is -0.0459. The van der Waals surface area contributed by atoms with Gasteiger partial charge in [-0.25, -0.2) is 4.39 Å². The molecule has 2 nitrogen and oxygen atoms in total. The fourth-order valence-electron chi connectivity index (χ4n) is 2.46. The van der Waals surface area contributed by atoms with Gasteiger partial charge in [-0.2, -0.15) is 11.8 Å². The molecule has 2 rings (SSSR count). The van der Waals surface area contributed by atoms with E-state index in [2.05, 4.69) is 11.6 Å². The standard InChI is InChI=1S/C14H17ClFNOS/c1-19-10-5-2-4-9(8-10)17-14(18)13-11(15)6-3-7-12(13)16/h3,6-7,9-10H,2,4-5,8H2,1H3,(H,17,18)/t9-,10+/m0/s1. The number of rotatable bonds is 3. The predicted octanol–water partition coefficient (Wildman–Crippen LogP) is 3.88. The summed E-state index contributed by atoms with van der Waals surface area (Å²) in [5.74, 6) is -0.975. The first-order chi connectivity index (χ1) is 9.11. The monoisotopic (exact) mass is 301 g/mol. The largest absolute Gasteiger partial charge is 0.349 e.